The van der Waals surface area contributed by atoms with Crippen molar-refractivity contribution in [3.05, 3.63) is 64.7 Å². The maximum Gasteiger partial charge on any atom is 0.573 e. The summed E-state index contributed by atoms with van der Waals surface area (Å²) in [6.07, 6.45) is 2.95. The van der Waals surface area contributed by atoms with Gasteiger partial charge < -0.3 is 4.74 Å². The molecule has 0 atom stereocenters. The van der Waals surface area contributed by atoms with Crippen molar-refractivity contribution in [1.29, 1.82) is 0 Å². The Labute approximate surface area is 174 Å². The average Bonchev–Trinajstić information content (AvgIpc) is 2.69. The zero-order chi connectivity index (χ0) is 21.7. The van der Waals surface area contributed by atoms with Crippen molar-refractivity contribution < 1.29 is 26.7 Å². The summed E-state index contributed by atoms with van der Waals surface area (Å²) >= 11 is 0. The van der Waals surface area contributed by atoms with Gasteiger partial charge in [-0.15, -0.1) is 13.2 Å². The van der Waals surface area contributed by atoms with Gasteiger partial charge in [0.05, 0.1) is 0 Å². The molecular formula is C24H27F5O. The van der Waals surface area contributed by atoms with Crippen LogP contribution in [0.5, 0.6) is 5.75 Å². The van der Waals surface area contributed by atoms with Crippen LogP contribution >= 0.6 is 0 Å². The molecule has 30 heavy (non-hydrogen) atoms. The molecule has 1 fully saturated rings. The van der Waals surface area contributed by atoms with Crippen LogP contribution in [0, 0.1) is 17.6 Å². The first-order valence-corrected chi connectivity index (χ1v) is 10.6. The monoisotopic (exact) mass is 426 g/mol. The van der Waals surface area contributed by atoms with Crippen molar-refractivity contribution in [2.45, 2.75) is 70.6 Å². The highest BCUT2D eigenvalue weighted by atomic mass is 19.4. The van der Waals surface area contributed by atoms with E-state index in [0.29, 0.717) is 11.1 Å². The number of benzene rings is 2. The summed E-state index contributed by atoms with van der Waals surface area (Å²) in [5.74, 6) is -0.668. The zero-order valence-electron chi connectivity index (χ0n) is 17.1. The molecular weight excluding hydrogens is 399 g/mol. The van der Waals surface area contributed by atoms with Crippen LogP contribution in [0.25, 0.3) is 0 Å². The predicted octanol–water partition coefficient (Wildman–Crippen LogP) is 7.92. The van der Waals surface area contributed by atoms with E-state index < -0.39 is 18.0 Å². The van der Waals surface area contributed by atoms with Crippen LogP contribution in [0.2, 0.25) is 0 Å². The quantitative estimate of drug-likeness (QED) is 0.409. The second-order valence-corrected chi connectivity index (χ2v) is 8.19. The van der Waals surface area contributed by atoms with Crippen molar-refractivity contribution >= 4 is 0 Å². The topological polar surface area (TPSA) is 9.23 Å². The molecule has 1 aliphatic rings. The SMILES string of the molecule is CCCCC1CCC(c2cc(F)c(Cc3ccc(OC(F)(F)F)cc3)c(F)c2)CC1. The first-order chi connectivity index (χ1) is 14.2. The minimum absolute atomic E-state index is 0.0337. The first-order valence-electron chi connectivity index (χ1n) is 10.6. The van der Waals surface area contributed by atoms with Crippen LogP contribution < -0.4 is 4.74 Å². The molecule has 0 amide bonds. The van der Waals surface area contributed by atoms with Crippen LogP contribution in [0.15, 0.2) is 36.4 Å². The van der Waals surface area contributed by atoms with Gasteiger partial charge in [-0.3, -0.25) is 0 Å². The van der Waals surface area contributed by atoms with Gasteiger partial charge in [0.1, 0.15) is 17.4 Å². The van der Waals surface area contributed by atoms with E-state index in [1.54, 1.807) is 0 Å². The fraction of sp³-hybridized carbons (Fsp3) is 0.500. The molecule has 0 N–H and O–H groups in total. The van der Waals surface area contributed by atoms with Gasteiger partial charge in [-0.25, -0.2) is 8.78 Å². The molecule has 0 radical (unpaired) electrons. The molecule has 1 saturated carbocycles. The normalized spacial score (nSPS) is 19.7. The van der Waals surface area contributed by atoms with Gasteiger partial charge >= 0.3 is 6.36 Å². The van der Waals surface area contributed by atoms with Gasteiger partial charge in [-0.2, -0.15) is 0 Å². The Morgan fingerprint density at radius 1 is 0.933 bits per heavy atom. The lowest BCUT2D eigenvalue weighted by molar-refractivity contribution is -0.274. The van der Waals surface area contributed by atoms with Crippen molar-refractivity contribution in [1.82, 2.24) is 0 Å². The van der Waals surface area contributed by atoms with Gasteiger partial charge in [0.2, 0.25) is 0 Å². The summed E-state index contributed by atoms with van der Waals surface area (Å²) in [7, 11) is 0. The Balaban J connectivity index is 1.65. The third-order valence-electron chi connectivity index (χ3n) is 5.99. The van der Waals surface area contributed by atoms with E-state index in [1.165, 1.54) is 43.5 Å². The molecule has 0 aromatic heterocycles. The Morgan fingerprint density at radius 3 is 2.07 bits per heavy atom. The molecule has 1 nitrogen and oxygen atoms in total. The van der Waals surface area contributed by atoms with Crippen LogP contribution in [-0.4, -0.2) is 6.36 Å². The number of rotatable bonds is 7. The average molecular weight is 426 g/mol. The van der Waals surface area contributed by atoms with E-state index in [0.717, 1.165) is 43.7 Å². The van der Waals surface area contributed by atoms with Crippen LogP contribution in [0.1, 0.15) is 74.5 Å². The lowest BCUT2D eigenvalue weighted by Gasteiger charge is -2.29. The first kappa shape index (κ1) is 22.6. The molecule has 6 heteroatoms. The van der Waals surface area contributed by atoms with E-state index in [4.69, 9.17) is 0 Å². The summed E-state index contributed by atoms with van der Waals surface area (Å²) in [6, 6.07) is 7.90. The molecule has 0 aliphatic heterocycles. The number of alkyl halides is 3. The summed E-state index contributed by atoms with van der Waals surface area (Å²) in [4.78, 5) is 0. The Hall–Kier alpha value is -2.11. The number of unbranched alkanes of at least 4 members (excludes halogenated alkanes) is 1. The summed E-state index contributed by atoms with van der Waals surface area (Å²) in [6.45, 7) is 2.18. The van der Waals surface area contributed by atoms with Crippen molar-refractivity contribution in [3.63, 3.8) is 0 Å². The van der Waals surface area contributed by atoms with E-state index >= 15 is 0 Å². The Morgan fingerprint density at radius 2 is 1.53 bits per heavy atom. The minimum atomic E-state index is -4.77. The highest BCUT2D eigenvalue weighted by molar-refractivity contribution is 5.35. The van der Waals surface area contributed by atoms with E-state index in [1.807, 2.05) is 0 Å². The summed E-state index contributed by atoms with van der Waals surface area (Å²) in [5, 5.41) is 0. The number of halogens is 5. The summed E-state index contributed by atoms with van der Waals surface area (Å²) in [5.41, 5.74) is 1.14. The van der Waals surface area contributed by atoms with Crippen LogP contribution in [-0.2, 0) is 6.42 Å². The fourth-order valence-corrected chi connectivity index (χ4v) is 4.32. The molecule has 1 aliphatic carbocycles. The highest BCUT2D eigenvalue weighted by Crippen LogP contribution is 2.38. The molecule has 0 unspecified atom stereocenters. The third-order valence-corrected chi connectivity index (χ3v) is 5.99. The largest absolute Gasteiger partial charge is 0.573 e. The Bertz CT molecular complexity index is 797. The molecule has 2 aromatic carbocycles. The molecule has 3 rings (SSSR count). The highest BCUT2D eigenvalue weighted by Gasteiger charge is 2.31. The molecule has 0 spiro atoms. The van der Waals surface area contributed by atoms with Crippen molar-refractivity contribution in [2.75, 3.05) is 0 Å². The lowest BCUT2D eigenvalue weighted by Crippen LogP contribution is -2.17. The van der Waals surface area contributed by atoms with Crippen molar-refractivity contribution in [3.8, 4) is 5.75 Å². The van der Waals surface area contributed by atoms with E-state index in [2.05, 4.69) is 11.7 Å². The molecule has 0 heterocycles. The second kappa shape index (κ2) is 9.80. The molecule has 0 saturated heterocycles. The third kappa shape index (κ3) is 6.19. The standard InChI is InChI=1S/C24H27F5O/c1-2-3-4-16-5-9-18(10-6-16)19-14-22(25)21(23(26)15-19)13-17-7-11-20(12-8-17)30-24(27,28)29/h7-8,11-12,14-16,18H,2-6,9-10,13H2,1H3. The van der Waals surface area contributed by atoms with Gasteiger partial charge in [-0.05, 0) is 72.9 Å². The van der Waals surface area contributed by atoms with E-state index in [9.17, 15) is 22.0 Å². The number of ether oxygens (including phenoxy) is 1. The van der Waals surface area contributed by atoms with Crippen molar-refractivity contribution in [2.24, 2.45) is 5.92 Å². The van der Waals surface area contributed by atoms with Crippen LogP contribution in [0.4, 0.5) is 22.0 Å². The van der Waals surface area contributed by atoms with Gasteiger partial charge in [-0.1, -0.05) is 38.3 Å². The molecule has 2 aromatic rings. The van der Waals surface area contributed by atoms with Gasteiger partial charge in [0.15, 0.2) is 0 Å². The lowest BCUT2D eigenvalue weighted by atomic mass is 9.77. The fourth-order valence-electron chi connectivity index (χ4n) is 4.32. The predicted molar refractivity (Wildman–Crippen MR) is 107 cm³/mol. The summed E-state index contributed by atoms with van der Waals surface area (Å²) < 4.78 is 69.9. The number of hydrogen-bond acceptors (Lipinski definition) is 1. The zero-order valence-corrected chi connectivity index (χ0v) is 17.1. The maximum atomic E-state index is 14.7. The van der Waals surface area contributed by atoms with Gasteiger partial charge in [0, 0.05) is 12.0 Å². The second-order valence-electron chi connectivity index (χ2n) is 8.19. The Kier molecular flexibility index (Phi) is 7.37. The molecule has 0 bridgehead atoms. The van der Waals surface area contributed by atoms with Gasteiger partial charge in [0.25, 0.3) is 0 Å². The number of hydrogen-bond donors (Lipinski definition) is 0. The molecule has 164 valence electrons. The van der Waals surface area contributed by atoms with E-state index in [-0.39, 0.29) is 23.7 Å². The maximum absolute atomic E-state index is 14.7. The smallest absolute Gasteiger partial charge is 0.406 e. The van der Waals surface area contributed by atoms with Crippen LogP contribution in [0.3, 0.4) is 0 Å². The minimum Gasteiger partial charge on any atom is -0.406 e.